The summed E-state index contributed by atoms with van der Waals surface area (Å²) in [4.78, 5) is 0. The zero-order chi connectivity index (χ0) is 28.5. The molecule has 38 heavy (non-hydrogen) atoms. The van der Waals surface area contributed by atoms with Crippen LogP contribution in [0, 0.1) is 0 Å². The molecule has 0 aromatic carbocycles. The molecule has 0 aromatic rings. The first-order chi connectivity index (χ1) is 17.9. The van der Waals surface area contributed by atoms with Gasteiger partial charge in [-0.1, -0.05) is 25.7 Å². The van der Waals surface area contributed by atoms with Crippen molar-refractivity contribution in [3.05, 3.63) is 0 Å². The van der Waals surface area contributed by atoms with Crippen LogP contribution >= 0.6 is 0 Å². The largest absolute Gasteiger partial charge is 0.394 e. The van der Waals surface area contributed by atoms with E-state index < -0.39 is 84.4 Å². The molecule has 226 valence electrons. The molecule has 9 N–H and O–H groups in total. The summed E-state index contributed by atoms with van der Waals surface area (Å²) in [7, 11) is -3.95. The minimum absolute atomic E-state index is 0.193. The van der Waals surface area contributed by atoms with Crippen molar-refractivity contribution < 1.29 is 67.7 Å². The zero-order valence-electron chi connectivity index (χ0n) is 21.4. The molecule has 0 aromatic heterocycles. The maximum atomic E-state index is 10.6. The zero-order valence-corrected chi connectivity index (χ0v) is 22.2. The van der Waals surface area contributed by atoms with Gasteiger partial charge in [0.25, 0.3) is 10.1 Å². The van der Waals surface area contributed by atoms with Crippen LogP contribution in [0.25, 0.3) is 0 Å². The molecule has 0 bridgehead atoms. The molecule has 15 nitrogen and oxygen atoms in total. The van der Waals surface area contributed by atoms with Gasteiger partial charge < -0.3 is 60.0 Å². The van der Waals surface area contributed by atoms with E-state index in [1.165, 1.54) is 0 Å². The van der Waals surface area contributed by atoms with Crippen LogP contribution in [0.3, 0.4) is 0 Å². The minimum atomic E-state index is -3.95. The second kappa shape index (κ2) is 16.0. The number of aliphatic hydroxyl groups excluding tert-OH is 7. The topological polar surface area (TPSA) is 245 Å². The van der Waals surface area contributed by atoms with E-state index in [1.54, 1.807) is 6.92 Å². The highest BCUT2D eigenvalue weighted by Gasteiger charge is 2.51. The Labute approximate surface area is 222 Å². The van der Waals surface area contributed by atoms with Crippen LogP contribution < -0.4 is 5.32 Å². The van der Waals surface area contributed by atoms with E-state index in [1.807, 2.05) is 0 Å². The number of nitrogens with one attached hydrogen (secondary N) is 1. The number of rotatable bonds is 16. The molecular weight excluding hydrogens is 534 g/mol. The number of ether oxygens (including phenoxy) is 4. The highest BCUT2D eigenvalue weighted by atomic mass is 32.2. The third-order valence-corrected chi connectivity index (χ3v) is 7.25. The second-order valence-electron chi connectivity index (χ2n) is 9.71. The van der Waals surface area contributed by atoms with Crippen molar-refractivity contribution in [2.24, 2.45) is 0 Å². The van der Waals surface area contributed by atoms with Gasteiger partial charge in [-0.3, -0.25) is 4.55 Å². The number of hydrogen-bond acceptors (Lipinski definition) is 14. The molecule has 0 spiro atoms. The third kappa shape index (κ3) is 10.4. The summed E-state index contributed by atoms with van der Waals surface area (Å²) in [6.07, 6.45) is -11.5. The van der Waals surface area contributed by atoms with E-state index in [2.05, 4.69) is 5.32 Å². The summed E-state index contributed by atoms with van der Waals surface area (Å²) in [6, 6.07) is 0. The molecule has 2 aliphatic heterocycles. The smallest absolute Gasteiger partial charge is 0.266 e. The van der Waals surface area contributed by atoms with E-state index in [-0.39, 0.29) is 12.3 Å². The third-order valence-electron chi connectivity index (χ3n) is 6.53. The molecule has 0 saturated carbocycles. The van der Waals surface area contributed by atoms with Gasteiger partial charge in [0.2, 0.25) is 0 Å². The molecular formula is C22H43NO14S. The normalized spacial score (nSPS) is 37.3. The van der Waals surface area contributed by atoms with Crippen molar-refractivity contribution in [3.63, 3.8) is 0 Å². The van der Waals surface area contributed by atoms with Crippen molar-refractivity contribution in [2.75, 3.05) is 25.4 Å². The van der Waals surface area contributed by atoms with Crippen molar-refractivity contribution in [1.29, 1.82) is 0 Å². The van der Waals surface area contributed by atoms with Gasteiger partial charge in [0, 0.05) is 6.54 Å². The molecule has 11 unspecified atom stereocenters. The van der Waals surface area contributed by atoms with Gasteiger partial charge in [-0.25, -0.2) is 0 Å². The molecule has 11 atom stereocenters. The maximum Gasteiger partial charge on any atom is 0.266 e. The molecule has 0 amide bonds. The lowest BCUT2D eigenvalue weighted by molar-refractivity contribution is -0.388. The second-order valence-corrected chi connectivity index (χ2v) is 11.3. The summed E-state index contributed by atoms with van der Waals surface area (Å²) in [5.41, 5.74) is 0. The summed E-state index contributed by atoms with van der Waals surface area (Å²) >= 11 is 0. The number of unbranched alkanes of at least 4 members (excludes halogenated alkanes) is 4. The van der Waals surface area contributed by atoms with Crippen LogP contribution in [0.5, 0.6) is 0 Å². The monoisotopic (exact) mass is 577 g/mol. The Kier molecular flexibility index (Phi) is 14.2. The predicted molar refractivity (Wildman–Crippen MR) is 129 cm³/mol. The molecule has 0 aliphatic carbocycles. The lowest BCUT2D eigenvalue weighted by atomic mass is 9.98. The van der Waals surface area contributed by atoms with Crippen LogP contribution in [0.1, 0.15) is 45.4 Å². The quantitative estimate of drug-likeness (QED) is 0.0647. The van der Waals surface area contributed by atoms with Gasteiger partial charge in [0.15, 0.2) is 18.9 Å². The van der Waals surface area contributed by atoms with E-state index in [4.69, 9.17) is 23.5 Å². The first kappa shape index (κ1) is 33.6. The molecule has 16 heteroatoms. The average Bonchev–Trinajstić information content (AvgIpc) is 2.85. The fraction of sp³-hybridized carbons (Fsp3) is 1.00. The van der Waals surface area contributed by atoms with Crippen LogP contribution in [0.15, 0.2) is 0 Å². The van der Waals surface area contributed by atoms with Crippen LogP contribution in [0.4, 0.5) is 0 Å². The van der Waals surface area contributed by atoms with Gasteiger partial charge >= 0.3 is 0 Å². The Balaban J connectivity index is 1.79. The molecule has 2 heterocycles. The number of hydrogen-bond donors (Lipinski definition) is 9. The predicted octanol–water partition coefficient (Wildman–Crippen LogP) is -3.21. The first-order valence-corrected chi connectivity index (χ1v) is 14.4. The fourth-order valence-electron chi connectivity index (χ4n) is 4.24. The van der Waals surface area contributed by atoms with Crippen LogP contribution in [0.2, 0.25) is 0 Å². The van der Waals surface area contributed by atoms with Gasteiger partial charge in [0.05, 0.1) is 18.5 Å². The summed E-state index contributed by atoms with van der Waals surface area (Å²) in [5, 5.41) is 73.0. The Morgan fingerprint density at radius 3 is 2.13 bits per heavy atom. The van der Waals surface area contributed by atoms with Crippen molar-refractivity contribution in [3.8, 4) is 0 Å². The Hall–Kier alpha value is -0.570. The van der Waals surface area contributed by atoms with Crippen molar-refractivity contribution >= 4 is 10.1 Å². The van der Waals surface area contributed by atoms with Gasteiger partial charge in [0.1, 0.15) is 42.7 Å². The van der Waals surface area contributed by atoms with Crippen molar-refractivity contribution in [1.82, 2.24) is 5.32 Å². The Morgan fingerprint density at radius 2 is 1.47 bits per heavy atom. The number of aliphatic hydroxyl groups is 7. The van der Waals surface area contributed by atoms with E-state index in [0.717, 1.165) is 32.1 Å². The summed E-state index contributed by atoms with van der Waals surface area (Å²) in [6.45, 7) is 1.90. The van der Waals surface area contributed by atoms with Crippen LogP contribution in [-0.2, 0) is 29.1 Å². The van der Waals surface area contributed by atoms with E-state index in [9.17, 15) is 44.2 Å². The van der Waals surface area contributed by atoms with Gasteiger partial charge in [-0.2, -0.15) is 8.42 Å². The van der Waals surface area contributed by atoms with Crippen LogP contribution in [-0.4, -0.2) is 142 Å². The molecule has 2 fully saturated rings. The van der Waals surface area contributed by atoms with E-state index >= 15 is 0 Å². The fourth-order valence-corrected chi connectivity index (χ4v) is 4.65. The highest BCUT2D eigenvalue weighted by molar-refractivity contribution is 7.85. The van der Waals surface area contributed by atoms with Gasteiger partial charge in [-0.05, 0) is 26.3 Å². The minimum Gasteiger partial charge on any atom is -0.394 e. The summed E-state index contributed by atoms with van der Waals surface area (Å²) in [5.74, 6) is -0.322. The van der Waals surface area contributed by atoms with Gasteiger partial charge in [-0.15, -0.1) is 0 Å². The Morgan fingerprint density at radius 1 is 0.816 bits per heavy atom. The lowest BCUT2D eigenvalue weighted by Crippen LogP contribution is -2.64. The molecule has 0 radical (unpaired) electrons. The molecule has 2 rings (SSSR count). The van der Waals surface area contributed by atoms with E-state index in [0.29, 0.717) is 13.0 Å². The molecule has 2 saturated heterocycles. The summed E-state index contributed by atoms with van der Waals surface area (Å²) < 4.78 is 51.9. The Bertz CT molecular complexity index is 773. The SMILES string of the molecule is CC(CCCCCCCNCCS(=O)(=O)O)OC1OC(O)C(O)C(O)C1OC1OC(CO)C(O)C(O)C1O. The average molecular weight is 578 g/mol. The molecule has 2 aliphatic rings. The highest BCUT2D eigenvalue weighted by Crippen LogP contribution is 2.30. The van der Waals surface area contributed by atoms with Crippen molar-refractivity contribution in [2.45, 2.75) is 113 Å². The standard InChI is InChI=1S/C22H43NO14S/c1-12(7-5-3-2-4-6-8-23-9-10-38(31,32)33)34-22-19(16(27)17(28)20(30)37-22)36-21-18(29)15(26)14(25)13(11-24)35-21/h12-30H,2-11H2,1H3,(H,31,32,33). The maximum absolute atomic E-state index is 10.6. The first-order valence-electron chi connectivity index (χ1n) is 12.8. The lowest BCUT2D eigenvalue weighted by Gasteiger charge is -2.45.